The number of nitrogen functional groups attached to an aromatic ring is 1. The van der Waals surface area contributed by atoms with Crippen LogP contribution in [0.1, 0.15) is 25.5 Å². The Balaban J connectivity index is 1.78. The second-order valence-corrected chi connectivity index (χ2v) is 5.52. The molecule has 3 rings (SSSR count). The summed E-state index contributed by atoms with van der Waals surface area (Å²) < 4.78 is 0. The molecule has 1 saturated carbocycles. The van der Waals surface area contributed by atoms with Gasteiger partial charge in [-0.2, -0.15) is 4.98 Å². The molecule has 5 heteroatoms. The van der Waals surface area contributed by atoms with Crippen molar-refractivity contribution in [3.05, 3.63) is 11.8 Å². The van der Waals surface area contributed by atoms with Gasteiger partial charge in [0.2, 0.25) is 5.95 Å². The van der Waals surface area contributed by atoms with Gasteiger partial charge in [0.1, 0.15) is 5.82 Å². The van der Waals surface area contributed by atoms with Gasteiger partial charge < -0.3 is 16.0 Å². The highest BCUT2D eigenvalue weighted by molar-refractivity contribution is 5.44. The number of anilines is 2. The number of hydrogen-bond acceptors (Lipinski definition) is 5. The molecule has 2 heterocycles. The summed E-state index contributed by atoms with van der Waals surface area (Å²) in [5, 5.41) is 3.44. The normalized spacial score (nSPS) is 24.3. The van der Waals surface area contributed by atoms with Crippen molar-refractivity contribution in [1.29, 1.82) is 0 Å². The van der Waals surface area contributed by atoms with Crippen LogP contribution in [0.4, 0.5) is 11.8 Å². The Morgan fingerprint density at radius 1 is 1.44 bits per heavy atom. The van der Waals surface area contributed by atoms with Crippen LogP contribution < -0.4 is 16.0 Å². The van der Waals surface area contributed by atoms with Gasteiger partial charge in [-0.15, -0.1) is 0 Å². The molecule has 0 amide bonds. The fraction of sp³-hybridized carbons (Fsp3) is 0.692. The topological polar surface area (TPSA) is 67.1 Å². The number of nitrogens with two attached hydrogens (primary N) is 1. The van der Waals surface area contributed by atoms with Crippen LogP contribution in [0.5, 0.6) is 0 Å². The molecule has 1 aliphatic heterocycles. The van der Waals surface area contributed by atoms with E-state index in [0.717, 1.165) is 43.5 Å². The van der Waals surface area contributed by atoms with Gasteiger partial charge in [-0.05, 0) is 32.1 Å². The number of nitrogens with zero attached hydrogens (tertiary/aromatic N) is 3. The molecule has 2 fully saturated rings. The maximum Gasteiger partial charge on any atom is 0.222 e. The van der Waals surface area contributed by atoms with Crippen LogP contribution in [0.15, 0.2) is 6.07 Å². The molecule has 1 aromatic rings. The van der Waals surface area contributed by atoms with E-state index in [1.165, 1.54) is 12.8 Å². The summed E-state index contributed by atoms with van der Waals surface area (Å²) in [7, 11) is 0. The fourth-order valence-electron chi connectivity index (χ4n) is 2.53. The van der Waals surface area contributed by atoms with E-state index in [2.05, 4.69) is 33.2 Å². The highest BCUT2D eigenvalue weighted by Crippen LogP contribution is 2.32. The van der Waals surface area contributed by atoms with Crippen molar-refractivity contribution in [2.75, 3.05) is 30.3 Å². The Morgan fingerprint density at radius 3 is 3.00 bits per heavy atom. The lowest BCUT2D eigenvalue weighted by molar-refractivity contribution is 0.482. The highest BCUT2D eigenvalue weighted by atomic mass is 15.3. The van der Waals surface area contributed by atoms with Crippen molar-refractivity contribution in [1.82, 2.24) is 15.3 Å². The maximum atomic E-state index is 5.83. The number of piperazine rings is 1. The first-order valence-electron chi connectivity index (χ1n) is 6.82. The molecule has 1 atom stereocenters. The number of hydrogen-bond donors (Lipinski definition) is 2. The predicted molar refractivity (Wildman–Crippen MR) is 72.6 cm³/mol. The van der Waals surface area contributed by atoms with E-state index in [9.17, 15) is 0 Å². The highest BCUT2D eigenvalue weighted by Gasteiger charge is 2.23. The summed E-state index contributed by atoms with van der Waals surface area (Å²) in [5.74, 6) is 2.23. The van der Waals surface area contributed by atoms with Crippen LogP contribution in [-0.4, -0.2) is 35.6 Å². The third kappa shape index (κ3) is 2.72. The number of nitrogens with one attached hydrogen (secondary N) is 1. The van der Waals surface area contributed by atoms with Crippen LogP contribution in [0.3, 0.4) is 0 Å². The molecule has 0 spiro atoms. The Morgan fingerprint density at radius 2 is 2.28 bits per heavy atom. The average Bonchev–Trinajstić information content (AvgIpc) is 3.12. The zero-order valence-electron chi connectivity index (χ0n) is 10.9. The standard InChI is InChI=1S/C13H21N5/c1-9-8-18(5-4-15-9)12-7-11(6-10-2-3-10)16-13(14)17-12/h7,9-10,15H,2-6,8H2,1H3,(H2,14,16,17). The van der Waals surface area contributed by atoms with Crippen LogP contribution in [0.25, 0.3) is 0 Å². The molecule has 1 aliphatic carbocycles. The molecule has 18 heavy (non-hydrogen) atoms. The monoisotopic (exact) mass is 247 g/mol. The SMILES string of the molecule is CC1CN(c2cc(CC3CC3)nc(N)n2)CCN1. The van der Waals surface area contributed by atoms with Crippen molar-refractivity contribution < 1.29 is 0 Å². The lowest BCUT2D eigenvalue weighted by atomic mass is 10.2. The smallest absolute Gasteiger partial charge is 0.222 e. The predicted octanol–water partition coefficient (Wildman–Crippen LogP) is 0.809. The quantitative estimate of drug-likeness (QED) is 0.827. The van der Waals surface area contributed by atoms with Crippen molar-refractivity contribution >= 4 is 11.8 Å². The van der Waals surface area contributed by atoms with E-state index in [1.54, 1.807) is 0 Å². The van der Waals surface area contributed by atoms with Crippen LogP contribution in [0, 0.1) is 5.92 Å². The van der Waals surface area contributed by atoms with Crippen LogP contribution in [-0.2, 0) is 6.42 Å². The molecule has 0 radical (unpaired) electrons. The van der Waals surface area contributed by atoms with Gasteiger partial charge in [0.15, 0.2) is 0 Å². The second kappa shape index (κ2) is 4.72. The zero-order valence-corrected chi connectivity index (χ0v) is 10.9. The van der Waals surface area contributed by atoms with E-state index >= 15 is 0 Å². The molecule has 1 unspecified atom stereocenters. The molecule has 1 aromatic heterocycles. The molecule has 1 saturated heterocycles. The van der Waals surface area contributed by atoms with Gasteiger partial charge in [0, 0.05) is 37.4 Å². The van der Waals surface area contributed by atoms with Crippen LogP contribution >= 0.6 is 0 Å². The zero-order chi connectivity index (χ0) is 12.5. The molecule has 0 bridgehead atoms. The van der Waals surface area contributed by atoms with E-state index in [4.69, 9.17) is 5.73 Å². The van der Waals surface area contributed by atoms with Gasteiger partial charge in [-0.25, -0.2) is 4.98 Å². The number of aromatic nitrogens is 2. The van der Waals surface area contributed by atoms with Gasteiger partial charge in [0.25, 0.3) is 0 Å². The van der Waals surface area contributed by atoms with E-state index in [0.29, 0.717) is 12.0 Å². The minimum absolute atomic E-state index is 0.411. The molecule has 3 N–H and O–H groups in total. The first kappa shape index (κ1) is 11.7. The summed E-state index contributed by atoms with van der Waals surface area (Å²) in [6.07, 6.45) is 3.73. The minimum Gasteiger partial charge on any atom is -0.368 e. The first-order chi connectivity index (χ1) is 8.70. The van der Waals surface area contributed by atoms with Gasteiger partial charge in [0.05, 0.1) is 0 Å². The Labute approximate surface area is 108 Å². The van der Waals surface area contributed by atoms with E-state index in [1.807, 2.05) is 0 Å². The third-order valence-electron chi connectivity index (χ3n) is 3.67. The third-order valence-corrected chi connectivity index (χ3v) is 3.67. The Kier molecular flexibility index (Phi) is 3.07. The van der Waals surface area contributed by atoms with Gasteiger partial charge in [-0.1, -0.05) is 0 Å². The summed E-state index contributed by atoms with van der Waals surface area (Å²) in [6.45, 7) is 5.17. The molecular weight excluding hydrogens is 226 g/mol. The molecule has 5 nitrogen and oxygen atoms in total. The Hall–Kier alpha value is -1.36. The van der Waals surface area contributed by atoms with Crippen molar-refractivity contribution in [3.63, 3.8) is 0 Å². The summed E-state index contributed by atoms with van der Waals surface area (Å²) in [6, 6.07) is 2.62. The van der Waals surface area contributed by atoms with Crippen molar-refractivity contribution in [2.24, 2.45) is 5.92 Å². The lowest BCUT2D eigenvalue weighted by Gasteiger charge is -2.32. The van der Waals surface area contributed by atoms with Gasteiger partial charge in [-0.3, -0.25) is 0 Å². The largest absolute Gasteiger partial charge is 0.368 e. The molecule has 98 valence electrons. The molecule has 0 aromatic carbocycles. The summed E-state index contributed by atoms with van der Waals surface area (Å²) >= 11 is 0. The van der Waals surface area contributed by atoms with Crippen molar-refractivity contribution in [3.8, 4) is 0 Å². The summed E-state index contributed by atoms with van der Waals surface area (Å²) in [4.78, 5) is 11.0. The fourth-order valence-corrected chi connectivity index (χ4v) is 2.53. The van der Waals surface area contributed by atoms with E-state index < -0.39 is 0 Å². The number of rotatable bonds is 3. The van der Waals surface area contributed by atoms with Crippen molar-refractivity contribution in [2.45, 2.75) is 32.2 Å². The van der Waals surface area contributed by atoms with Crippen LogP contribution in [0.2, 0.25) is 0 Å². The molecule has 2 aliphatic rings. The lowest BCUT2D eigenvalue weighted by Crippen LogP contribution is -2.49. The second-order valence-electron chi connectivity index (χ2n) is 5.52. The van der Waals surface area contributed by atoms with E-state index in [-0.39, 0.29) is 0 Å². The van der Waals surface area contributed by atoms with Gasteiger partial charge >= 0.3 is 0 Å². The molecular formula is C13H21N5. The Bertz CT molecular complexity index is 429. The average molecular weight is 247 g/mol. The summed E-state index contributed by atoms with van der Waals surface area (Å²) in [5.41, 5.74) is 6.94. The minimum atomic E-state index is 0.411. The maximum absolute atomic E-state index is 5.83. The first-order valence-corrected chi connectivity index (χ1v) is 6.82.